The Morgan fingerprint density at radius 2 is 2.00 bits per heavy atom. The molecule has 0 atom stereocenters. The van der Waals surface area contributed by atoms with Gasteiger partial charge in [-0.1, -0.05) is 40.5 Å². The number of benzene rings is 1. The number of rotatable bonds is 2. The number of nitrogens with zero attached hydrogens (tertiary/aromatic N) is 1. The topological polar surface area (TPSA) is 84.9 Å². The number of nitrogens with two attached hydrogens (primary N) is 1. The van der Waals surface area contributed by atoms with E-state index in [1.807, 2.05) is 0 Å². The molecule has 0 amide bonds. The Bertz CT molecular complexity index is 871. The van der Waals surface area contributed by atoms with Crippen molar-refractivity contribution < 1.29 is 4.52 Å². The summed E-state index contributed by atoms with van der Waals surface area (Å²) in [6, 6.07) is 9.73. The van der Waals surface area contributed by atoms with E-state index in [0.29, 0.717) is 32.6 Å². The predicted octanol–water partition coefficient (Wildman–Crippen LogP) is 3.59. The second-order valence-corrected chi connectivity index (χ2v) is 5.17. The molecule has 3 rings (SSSR count). The summed E-state index contributed by atoms with van der Waals surface area (Å²) in [5.74, 6) is 0.110. The summed E-state index contributed by atoms with van der Waals surface area (Å²) in [5, 5.41) is 4.83. The molecule has 0 aliphatic heterocycles. The average molecular weight is 322 g/mol. The van der Waals surface area contributed by atoms with Crippen LogP contribution in [0.1, 0.15) is 0 Å². The smallest absolute Gasteiger partial charge is 0.248 e. The van der Waals surface area contributed by atoms with Gasteiger partial charge in [0.1, 0.15) is 5.69 Å². The van der Waals surface area contributed by atoms with E-state index in [2.05, 4.69) is 10.1 Å². The van der Waals surface area contributed by atoms with E-state index in [9.17, 15) is 4.79 Å². The average Bonchev–Trinajstić information content (AvgIpc) is 2.81. The number of aromatic amines is 1. The number of hydrogen-bond donors (Lipinski definition) is 2. The van der Waals surface area contributed by atoms with Gasteiger partial charge >= 0.3 is 0 Å². The molecule has 0 saturated heterocycles. The zero-order valence-electron chi connectivity index (χ0n) is 10.6. The first-order chi connectivity index (χ1) is 10.1. The third-order valence-corrected chi connectivity index (χ3v) is 3.49. The normalized spacial score (nSPS) is 10.8. The molecule has 0 aliphatic rings. The predicted molar refractivity (Wildman–Crippen MR) is 82.4 cm³/mol. The van der Waals surface area contributed by atoms with Crippen LogP contribution in [0.3, 0.4) is 0 Å². The number of nitrogen functional groups attached to an aromatic ring is 1. The molecular weight excluding hydrogens is 313 g/mol. The standard InChI is InChI=1S/C14H9Cl2N3O2/c15-7-4-5-8(9(16)6-7)12-13(19-21-14(12)17)10-2-1-3-11(20)18-10/h1-6H,17H2,(H,18,20). The molecule has 2 heterocycles. The number of pyridine rings is 1. The van der Waals surface area contributed by atoms with Gasteiger partial charge in [-0.25, -0.2) is 0 Å². The van der Waals surface area contributed by atoms with Crippen LogP contribution in [-0.2, 0) is 0 Å². The molecule has 0 bridgehead atoms. The molecule has 1 aromatic carbocycles. The largest absolute Gasteiger partial charge is 0.367 e. The van der Waals surface area contributed by atoms with Crippen LogP contribution in [-0.4, -0.2) is 10.1 Å². The monoisotopic (exact) mass is 321 g/mol. The van der Waals surface area contributed by atoms with Gasteiger partial charge in [-0.2, -0.15) is 0 Å². The molecule has 5 nitrogen and oxygen atoms in total. The van der Waals surface area contributed by atoms with E-state index in [-0.39, 0.29) is 11.4 Å². The lowest BCUT2D eigenvalue weighted by Crippen LogP contribution is -2.04. The van der Waals surface area contributed by atoms with Gasteiger partial charge in [0.25, 0.3) is 0 Å². The highest BCUT2D eigenvalue weighted by Gasteiger charge is 2.20. The summed E-state index contributed by atoms with van der Waals surface area (Å²) < 4.78 is 5.04. The van der Waals surface area contributed by atoms with E-state index in [4.69, 9.17) is 33.5 Å². The van der Waals surface area contributed by atoms with Gasteiger partial charge in [0, 0.05) is 16.7 Å². The van der Waals surface area contributed by atoms with Crippen LogP contribution in [0.2, 0.25) is 10.0 Å². The highest BCUT2D eigenvalue weighted by molar-refractivity contribution is 6.36. The van der Waals surface area contributed by atoms with E-state index in [1.54, 1.807) is 30.3 Å². The Morgan fingerprint density at radius 1 is 1.19 bits per heavy atom. The zero-order valence-corrected chi connectivity index (χ0v) is 12.1. The van der Waals surface area contributed by atoms with Gasteiger partial charge in [0.2, 0.25) is 11.4 Å². The van der Waals surface area contributed by atoms with Crippen LogP contribution in [0.25, 0.3) is 22.5 Å². The fraction of sp³-hybridized carbons (Fsp3) is 0. The Labute approximate surface area is 129 Å². The lowest BCUT2D eigenvalue weighted by Gasteiger charge is -2.05. The Morgan fingerprint density at radius 3 is 2.71 bits per heavy atom. The fourth-order valence-corrected chi connectivity index (χ4v) is 2.53. The van der Waals surface area contributed by atoms with Crippen molar-refractivity contribution in [3.05, 3.63) is 56.8 Å². The van der Waals surface area contributed by atoms with Crippen molar-refractivity contribution in [2.75, 3.05) is 5.73 Å². The minimum absolute atomic E-state index is 0.110. The van der Waals surface area contributed by atoms with Crippen molar-refractivity contribution >= 4 is 29.1 Å². The summed E-state index contributed by atoms with van der Waals surface area (Å²) in [6.45, 7) is 0. The number of anilines is 1. The highest BCUT2D eigenvalue weighted by atomic mass is 35.5. The summed E-state index contributed by atoms with van der Waals surface area (Å²) in [6.07, 6.45) is 0. The second-order valence-electron chi connectivity index (χ2n) is 4.32. The summed E-state index contributed by atoms with van der Waals surface area (Å²) in [7, 11) is 0. The van der Waals surface area contributed by atoms with Gasteiger partial charge in [0.05, 0.1) is 16.3 Å². The van der Waals surface area contributed by atoms with E-state index >= 15 is 0 Å². The second kappa shape index (κ2) is 5.27. The summed E-state index contributed by atoms with van der Waals surface area (Å²) >= 11 is 12.1. The number of hydrogen-bond acceptors (Lipinski definition) is 4. The summed E-state index contributed by atoms with van der Waals surface area (Å²) in [4.78, 5) is 14.1. The number of halogens is 2. The molecule has 3 N–H and O–H groups in total. The number of aromatic nitrogens is 2. The van der Waals surface area contributed by atoms with Crippen LogP contribution in [0.5, 0.6) is 0 Å². The molecule has 0 spiro atoms. The Hall–Kier alpha value is -2.24. The number of nitrogens with one attached hydrogen (secondary N) is 1. The van der Waals surface area contributed by atoms with Crippen molar-refractivity contribution in [3.8, 4) is 22.5 Å². The van der Waals surface area contributed by atoms with Crippen LogP contribution < -0.4 is 11.3 Å². The maximum absolute atomic E-state index is 11.4. The third-order valence-electron chi connectivity index (χ3n) is 2.94. The summed E-state index contributed by atoms with van der Waals surface area (Å²) in [5.41, 5.74) is 7.63. The van der Waals surface area contributed by atoms with Gasteiger partial charge in [-0.15, -0.1) is 0 Å². The van der Waals surface area contributed by atoms with E-state index < -0.39 is 0 Å². The van der Waals surface area contributed by atoms with E-state index in [1.165, 1.54) is 6.07 Å². The van der Waals surface area contributed by atoms with Crippen LogP contribution in [0, 0.1) is 0 Å². The first-order valence-corrected chi connectivity index (χ1v) is 6.72. The van der Waals surface area contributed by atoms with Gasteiger partial charge in [-0.3, -0.25) is 4.79 Å². The first-order valence-electron chi connectivity index (χ1n) is 5.96. The molecule has 0 aliphatic carbocycles. The van der Waals surface area contributed by atoms with Crippen LogP contribution >= 0.6 is 23.2 Å². The van der Waals surface area contributed by atoms with E-state index in [0.717, 1.165) is 0 Å². The minimum Gasteiger partial charge on any atom is -0.367 e. The molecule has 7 heteroatoms. The van der Waals surface area contributed by atoms with Crippen LogP contribution in [0.4, 0.5) is 5.88 Å². The quantitative estimate of drug-likeness (QED) is 0.755. The van der Waals surface area contributed by atoms with Crippen molar-refractivity contribution in [2.45, 2.75) is 0 Å². The minimum atomic E-state index is -0.248. The molecular formula is C14H9Cl2N3O2. The van der Waals surface area contributed by atoms with Crippen molar-refractivity contribution in [1.82, 2.24) is 10.1 Å². The molecule has 0 saturated carbocycles. The lowest BCUT2D eigenvalue weighted by molar-refractivity contribution is 0.439. The molecule has 106 valence electrons. The molecule has 0 fully saturated rings. The first kappa shape index (κ1) is 13.7. The van der Waals surface area contributed by atoms with Crippen molar-refractivity contribution in [3.63, 3.8) is 0 Å². The third kappa shape index (κ3) is 2.53. The van der Waals surface area contributed by atoms with Crippen LogP contribution in [0.15, 0.2) is 45.7 Å². The van der Waals surface area contributed by atoms with Gasteiger partial charge < -0.3 is 15.2 Å². The maximum atomic E-state index is 11.4. The highest BCUT2D eigenvalue weighted by Crippen LogP contribution is 2.39. The molecule has 3 aromatic rings. The van der Waals surface area contributed by atoms with Crippen molar-refractivity contribution in [1.29, 1.82) is 0 Å². The molecule has 0 unspecified atom stereocenters. The lowest BCUT2D eigenvalue weighted by atomic mass is 10.0. The van der Waals surface area contributed by atoms with Gasteiger partial charge in [0.15, 0.2) is 0 Å². The molecule has 21 heavy (non-hydrogen) atoms. The number of H-pyrrole nitrogens is 1. The Kier molecular flexibility index (Phi) is 3.45. The maximum Gasteiger partial charge on any atom is 0.248 e. The van der Waals surface area contributed by atoms with Crippen molar-refractivity contribution in [2.24, 2.45) is 0 Å². The molecule has 0 radical (unpaired) electrons. The van der Waals surface area contributed by atoms with Gasteiger partial charge in [-0.05, 0) is 18.2 Å². The zero-order chi connectivity index (χ0) is 15.0. The SMILES string of the molecule is Nc1onc(-c2cccc(=O)[nH]2)c1-c1ccc(Cl)cc1Cl. The Balaban J connectivity index is 2.24. The molecule has 2 aromatic heterocycles. The fourth-order valence-electron chi connectivity index (χ4n) is 2.03.